The Hall–Kier alpha value is -0.870. The molecule has 0 aromatic rings. The second-order valence-corrected chi connectivity index (χ2v) is 3.38. The van der Waals surface area contributed by atoms with Crippen molar-refractivity contribution in [3.63, 3.8) is 0 Å². The summed E-state index contributed by atoms with van der Waals surface area (Å²) < 4.78 is 0. The number of aliphatic hydroxyl groups is 1. The minimum absolute atomic E-state index is 0.222. The van der Waals surface area contributed by atoms with Gasteiger partial charge in [0.05, 0.1) is 0 Å². The molecule has 5 N–H and O–H groups in total. The van der Waals surface area contributed by atoms with E-state index < -0.39 is 6.10 Å². The molecule has 0 aromatic heterocycles. The number of rotatable bonds is 7. The van der Waals surface area contributed by atoms with Gasteiger partial charge in [0.15, 0.2) is 6.10 Å². The third-order valence-corrected chi connectivity index (χ3v) is 2.06. The second kappa shape index (κ2) is 7.53. The third-order valence-electron chi connectivity index (χ3n) is 2.06. The number of unbranched alkanes of at least 4 members (excludes halogenated alkanes) is 1. The number of quaternary nitrogens is 1. The van der Waals surface area contributed by atoms with Gasteiger partial charge in [0.2, 0.25) is 0 Å². The minimum atomic E-state index is -0.999. The van der Waals surface area contributed by atoms with E-state index in [0.29, 0.717) is 6.54 Å². The normalized spacial score (nSPS) is 14.5. The molecule has 0 bridgehead atoms. The average Bonchev–Trinajstić information content (AvgIpc) is 2.21. The van der Waals surface area contributed by atoms with Crippen molar-refractivity contribution in [1.29, 1.82) is 0 Å². The van der Waals surface area contributed by atoms with Gasteiger partial charge in [-0.1, -0.05) is 19.4 Å². The lowest BCUT2D eigenvalue weighted by Crippen LogP contribution is -2.68. The van der Waals surface area contributed by atoms with Crippen molar-refractivity contribution in [2.24, 2.45) is 0 Å². The highest BCUT2D eigenvalue weighted by Gasteiger charge is 2.24. The van der Waals surface area contributed by atoms with E-state index in [-0.39, 0.29) is 11.9 Å². The molecule has 2 atom stereocenters. The molecule has 82 valence electrons. The lowest BCUT2D eigenvalue weighted by atomic mass is 10.0. The number of carbonyl (C=O) groups is 1. The molecule has 4 heteroatoms. The highest BCUT2D eigenvalue weighted by Crippen LogP contribution is 2.01. The van der Waals surface area contributed by atoms with Crippen LogP contribution in [0.15, 0.2) is 12.7 Å². The van der Waals surface area contributed by atoms with E-state index in [1.165, 1.54) is 0 Å². The van der Waals surface area contributed by atoms with Crippen LogP contribution >= 0.6 is 0 Å². The number of nitrogens with one attached hydrogen (secondary N) is 1. The average molecular weight is 201 g/mol. The third kappa shape index (κ3) is 4.99. The summed E-state index contributed by atoms with van der Waals surface area (Å²) in [6.45, 7) is 5.93. The van der Waals surface area contributed by atoms with Gasteiger partial charge in [-0.25, -0.2) is 0 Å². The summed E-state index contributed by atoms with van der Waals surface area (Å²) in [7, 11) is 0. The molecule has 0 aliphatic carbocycles. The smallest absolute Gasteiger partial charge is 0.255 e. The van der Waals surface area contributed by atoms with Crippen molar-refractivity contribution in [3.05, 3.63) is 12.7 Å². The standard InChI is InChI=1S/C10H20N2O2/c1-3-5-6-8(11)9(13)10(14)12-7-4-2/h4,8-9,13H,2-3,5-7,11H2,1H3,(H,12,14)/p+1. The summed E-state index contributed by atoms with van der Waals surface area (Å²) in [6.07, 6.45) is 3.39. The van der Waals surface area contributed by atoms with E-state index in [2.05, 4.69) is 24.6 Å². The fraction of sp³-hybridized carbons (Fsp3) is 0.700. The lowest BCUT2D eigenvalue weighted by Gasteiger charge is -2.14. The Labute approximate surface area is 85.2 Å². The van der Waals surface area contributed by atoms with Gasteiger partial charge in [-0.05, 0) is 6.42 Å². The zero-order chi connectivity index (χ0) is 11.0. The molecular formula is C10H21N2O2+. The van der Waals surface area contributed by atoms with Gasteiger partial charge in [0.1, 0.15) is 6.04 Å². The minimum Gasteiger partial charge on any atom is -0.378 e. The molecule has 0 radical (unpaired) electrons. The van der Waals surface area contributed by atoms with Crippen LogP contribution in [-0.2, 0) is 4.79 Å². The molecule has 1 amide bonds. The van der Waals surface area contributed by atoms with E-state index in [1.807, 2.05) is 0 Å². The number of aliphatic hydroxyl groups excluding tert-OH is 1. The molecule has 0 aromatic carbocycles. The van der Waals surface area contributed by atoms with Crippen LogP contribution < -0.4 is 11.1 Å². The fourth-order valence-electron chi connectivity index (χ4n) is 1.12. The molecule has 4 nitrogen and oxygen atoms in total. The first-order valence-electron chi connectivity index (χ1n) is 5.03. The number of hydrogen-bond donors (Lipinski definition) is 3. The Morgan fingerprint density at radius 3 is 2.86 bits per heavy atom. The van der Waals surface area contributed by atoms with E-state index >= 15 is 0 Å². The highest BCUT2D eigenvalue weighted by molar-refractivity contribution is 5.81. The van der Waals surface area contributed by atoms with Crippen LogP contribution in [0.1, 0.15) is 26.2 Å². The SMILES string of the molecule is C=CCNC(=O)C(O)C([NH3+])CCCC. The maximum atomic E-state index is 11.3. The second-order valence-electron chi connectivity index (χ2n) is 3.38. The van der Waals surface area contributed by atoms with Gasteiger partial charge in [0.25, 0.3) is 5.91 Å². The lowest BCUT2D eigenvalue weighted by molar-refractivity contribution is -0.434. The summed E-state index contributed by atoms with van der Waals surface area (Å²) >= 11 is 0. The molecule has 14 heavy (non-hydrogen) atoms. The molecule has 0 spiro atoms. The number of carbonyl (C=O) groups excluding carboxylic acids is 1. The first-order chi connectivity index (χ1) is 6.63. The van der Waals surface area contributed by atoms with Gasteiger partial charge in [-0.15, -0.1) is 6.58 Å². The van der Waals surface area contributed by atoms with Crippen LogP contribution in [0.3, 0.4) is 0 Å². The molecule has 0 aliphatic heterocycles. The molecule has 0 rings (SSSR count). The van der Waals surface area contributed by atoms with Crippen molar-refractivity contribution in [3.8, 4) is 0 Å². The predicted octanol–water partition coefficient (Wildman–Crippen LogP) is -0.550. The molecule has 2 unspecified atom stereocenters. The summed E-state index contributed by atoms with van der Waals surface area (Å²) in [6, 6.07) is -0.222. The molecule has 0 saturated carbocycles. The maximum Gasteiger partial charge on any atom is 0.255 e. The summed E-state index contributed by atoms with van der Waals surface area (Å²) in [5.74, 6) is -0.360. The topological polar surface area (TPSA) is 77.0 Å². The summed E-state index contributed by atoms with van der Waals surface area (Å²) in [4.78, 5) is 11.3. The Kier molecular flexibility index (Phi) is 7.06. The largest absolute Gasteiger partial charge is 0.378 e. The van der Waals surface area contributed by atoms with Crippen LogP contribution in [0.2, 0.25) is 0 Å². The van der Waals surface area contributed by atoms with Crippen molar-refractivity contribution >= 4 is 5.91 Å². The quantitative estimate of drug-likeness (QED) is 0.483. The van der Waals surface area contributed by atoms with Crippen molar-refractivity contribution in [2.45, 2.75) is 38.3 Å². The van der Waals surface area contributed by atoms with Crippen molar-refractivity contribution in [1.82, 2.24) is 5.32 Å². The van der Waals surface area contributed by atoms with Crippen LogP contribution in [0.25, 0.3) is 0 Å². The highest BCUT2D eigenvalue weighted by atomic mass is 16.3. The van der Waals surface area contributed by atoms with Crippen molar-refractivity contribution < 1.29 is 15.6 Å². The van der Waals surface area contributed by atoms with Crippen LogP contribution in [0.4, 0.5) is 0 Å². The van der Waals surface area contributed by atoms with E-state index in [1.54, 1.807) is 6.08 Å². The van der Waals surface area contributed by atoms with Gasteiger partial charge in [-0.2, -0.15) is 0 Å². The Balaban J connectivity index is 3.83. The van der Waals surface area contributed by atoms with Gasteiger partial charge in [-0.3, -0.25) is 4.79 Å². The molecule has 0 heterocycles. The Morgan fingerprint density at radius 2 is 2.36 bits per heavy atom. The van der Waals surface area contributed by atoms with E-state index in [4.69, 9.17) is 0 Å². The first-order valence-corrected chi connectivity index (χ1v) is 5.03. The summed E-state index contributed by atoms with van der Waals surface area (Å²) in [5.41, 5.74) is 3.77. The summed E-state index contributed by atoms with van der Waals surface area (Å²) in [5, 5.41) is 12.1. The fourth-order valence-corrected chi connectivity index (χ4v) is 1.12. The zero-order valence-electron chi connectivity index (χ0n) is 8.83. The van der Waals surface area contributed by atoms with Crippen LogP contribution in [0, 0.1) is 0 Å². The van der Waals surface area contributed by atoms with Gasteiger partial charge >= 0.3 is 0 Å². The van der Waals surface area contributed by atoms with Crippen LogP contribution in [-0.4, -0.2) is 29.7 Å². The molecule has 0 aliphatic rings. The zero-order valence-corrected chi connectivity index (χ0v) is 8.83. The predicted molar refractivity (Wildman–Crippen MR) is 55.4 cm³/mol. The van der Waals surface area contributed by atoms with Gasteiger partial charge < -0.3 is 16.2 Å². The number of hydrogen-bond acceptors (Lipinski definition) is 2. The van der Waals surface area contributed by atoms with Crippen molar-refractivity contribution in [2.75, 3.05) is 6.54 Å². The van der Waals surface area contributed by atoms with E-state index in [9.17, 15) is 9.90 Å². The molecule has 0 saturated heterocycles. The van der Waals surface area contributed by atoms with Crippen LogP contribution in [0.5, 0.6) is 0 Å². The maximum absolute atomic E-state index is 11.3. The molecular weight excluding hydrogens is 180 g/mol. The van der Waals surface area contributed by atoms with Gasteiger partial charge in [0, 0.05) is 13.0 Å². The Morgan fingerprint density at radius 1 is 1.71 bits per heavy atom. The monoisotopic (exact) mass is 201 g/mol. The van der Waals surface area contributed by atoms with E-state index in [0.717, 1.165) is 19.3 Å². The number of amides is 1. The molecule has 0 fully saturated rings. The first kappa shape index (κ1) is 13.1. The Bertz CT molecular complexity index is 183.